The van der Waals surface area contributed by atoms with E-state index >= 15 is 0 Å². The van der Waals surface area contributed by atoms with Gasteiger partial charge in [-0.25, -0.2) is 4.98 Å². The Morgan fingerprint density at radius 1 is 1.47 bits per heavy atom. The number of nitrogens with one attached hydrogen (secondary N) is 2. The first-order valence-corrected chi connectivity index (χ1v) is 6.92. The number of hydrogen-bond acceptors (Lipinski definition) is 5. The molecule has 0 bridgehead atoms. The molecule has 1 heterocycles. The van der Waals surface area contributed by atoms with Gasteiger partial charge in [-0.1, -0.05) is 13.0 Å². The van der Waals surface area contributed by atoms with Crippen molar-refractivity contribution in [1.82, 2.24) is 20.5 Å². The molecule has 5 nitrogen and oxygen atoms in total. The van der Waals surface area contributed by atoms with Gasteiger partial charge in [0.2, 0.25) is 0 Å². The molecule has 0 atom stereocenters. The number of nitriles is 1. The third kappa shape index (κ3) is 3.81. The van der Waals surface area contributed by atoms with Crippen LogP contribution in [0.15, 0.2) is 34.6 Å². The number of hydrogen-bond donors (Lipinski definition) is 2. The van der Waals surface area contributed by atoms with E-state index in [4.69, 9.17) is 0 Å². The van der Waals surface area contributed by atoms with Crippen LogP contribution in [-0.4, -0.2) is 21.7 Å². The lowest BCUT2D eigenvalue weighted by Gasteiger charge is -2.06. The Labute approximate surface area is 116 Å². The maximum Gasteiger partial charge on any atom is 0.188 e. The molecule has 0 spiro atoms. The van der Waals surface area contributed by atoms with Crippen molar-refractivity contribution < 1.29 is 0 Å². The summed E-state index contributed by atoms with van der Waals surface area (Å²) >= 11 is 1.41. The van der Waals surface area contributed by atoms with Gasteiger partial charge in [0, 0.05) is 11.4 Å². The van der Waals surface area contributed by atoms with Crippen LogP contribution < -0.4 is 5.32 Å². The molecule has 2 rings (SSSR count). The molecular weight excluding hydrogens is 258 g/mol. The molecule has 0 fully saturated rings. The van der Waals surface area contributed by atoms with Crippen LogP contribution in [0.5, 0.6) is 0 Å². The first kappa shape index (κ1) is 13.6. The first-order chi connectivity index (χ1) is 9.33. The second-order valence-corrected chi connectivity index (χ2v) is 5.04. The van der Waals surface area contributed by atoms with Gasteiger partial charge in [-0.15, -0.1) is 0 Å². The summed E-state index contributed by atoms with van der Waals surface area (Å²) in [6.07, 6.45) is 2.56. The van der Waals surface area contributed by atoms with Crippen molar-refractivity contribution in [3.63, 3.8) is 0 Å². The number of aromatic nitrogens is 3. The van der Waals surface area contributed by atoms with Crippen molar-refractivity contribution in [1.29, 1.82) is 5.26 Å². The van der Waals surface area contributed by atoms with Crippen molar-refractivity contribution in [2.75, 3.05) is 6.54 Å². The quantitative estimate of drug-likeness (QED) is 0.790. The van der Waals surface area contributed by atoms with Gasteiger partial charge < -0.3 is 5.32 Å². The lowest BCUT2D eigenvalue weighted by molar-refractivity contribution is 0.675. The molecular formula is C13H15N5S. The summed E-state index contributed by atoms with van der Waals surface area (Å²) < 4.78 is 0. The molecule has 1 aromatic carbocycles. The molecule has 6 heteroatoms. The standard InChI is InChI=1S/C13H15N5S/c1-2-5-15-8-10-3-4-12(11(6-10)7-14)19-13-16-9-17-18-13/h3-4,6,9,15H,2,5,8H2,1H3,(H,16,17,18). The highest BCUT2D eigenvalue weighted by atomic mass is 32.2. The largest absolute Gasteiger partial charge is 0.313 e. The van der Waals surface area contributed by atoms with Gasteiger partial charge in [0.25, 0.3) is 0 Å². The average molecular weight is 273 g/mol. The SMILES string of the molecule is CCCNCc1ccc(Sc2ncn[nH]2)c(C#N)c1. The van der Waals surface area contributed by atoms with Gasteiger partial charge in [-0.2, -0.15) is 10.4 Å². The number of H-pyrrole nitrogens is 1. The van der Waals surface area contributed by atoms with E-state index in [1.54, 1.807) is 0 Å². The molecule has 19 heavy (non-hydrogen) atoms. The van der Waals surface area contributed by atoms with Gasteiger partial charge in [0.05, 0.1) is 5.56 Å². The monoisotopic (exact) mass is 273 g/mol. The fourth-order valence-electron chi connectivity index (χ4n) is 1.62. The van der Waals surface area contributed by atoms with E-state index in [9.17, 15) is 5.26 Å². The highest BCUT2D eigenvalue weighted by Crippen LogP contribution is 2.27. The summed E-state index contributed by atoms with van der Waals surface area (Å²) in [5, 5.41) is 19.8. The van der Waals surface area contributed by atoms with E-state index in [1.165, 1.54) is 18.1 Å². The fraction of sp³-hybridized carbons (Fsp3) is 0.308. The highest BCUT2D eigenvalue weighted by Gasteiger charge is 2.07. The molecule has 0 radical (unpaired) electrons. The molecule has 0 aliphatic heterocycles. The predicted molar refractivity (Wildman–Crippen MR) is 73.7 cm³/mol. The predicted octanol–water partition coefficient (Wildman–Crippen LogP) is 2.33. The van der Waals surface area contributed by atoms with Gasteiger partial charge in [0.1, 0.15) is 12.4 Å². The minimum Gasteiger partial charge on any atom is -0.313 e. The molecule has 2 N–H and O–H groups in total. The zero-order chi connectivity index (χ0) is 13.5. The molecule has 2 aromatic rings. The van der Waals surface area contributed by atoms with Crippen LogP contribution in [0.4, 0.5) is 0 Å². The van der Waals surface area contributed by atoms with Gasteiger partial charge in [0.15, 0.2) is 5.16 Å². The van der Waals surface area contributed by atoms with E-state index in [0.717, 1.165) is 30.0 Å². The van der Waals surface area contributed by atoms with Crippen LogP contribution in [0.2, 0.25) is 0 Å². The molecule has 98 valence electrons. The smallest absolute Gasteiger partial charge is 0.188 e. The van der Waals surface area contributed by atoms with Gasteiger partial charge in [-0.3, -0.25) is 5.10 Å². The molecule has 0 unspecified atom stereocenters. The zero-order valence-electron chi connectivity index (χ0n) is 10.7. The maximum absolute atomic E-state index is 9.21. The summed E-state index contributed by atoms with van der Waals surface area (Å²) in [7, 11) is 0. The highest BCUT2D eigenvalue weighted by molar-refractivity contribution is 7.99. The Bertz CT molecular complexity index is 559. The van der Waals surface area contributed by atoms with Crippen LogP contribution in [0.3, 0.4) is 0 Å². The van der Waals surface area contributed by atoms with E-state index in [-0.39, 0.29) is 0 Å². The number of nitrogens with zero attached hydrogens (tertiary/aromatic N) is 3. The van der Waals surface area contributed by atoms with Gasteiger partial charge in [-0.05, 0) is 42.4 Å². The topological polar surface area (TPSA) is 77.4 Å². The summed E-state index contributed by atoms with van der Waals surface area (Å²) in [5.74, 6) is 0. The van der Waals surface area contributed by atoms with E-state index in [0.29, 0.717) is 10.7 Å². The van der Waals surface area contributed by atoms with Crippen LogP contribution in [0, 0.1) is 11.3 Å². The Kier molecular flexibility index (Phi) is 4.95. The number of rotatable bonds is 6. The Balaban J connectivity index is 2.10. The Morgan fingerprint density at radius 3 is 3.05 bits per heavy atom. The summed E-state index contributed by atoms with van der Waals surface area (Å²) in [6, 6.07) is 8.13. The van der Waals surface area contributed by atoms with Gasteiger partial charge >= 0.3 is 0 Å². The van der Waals surface area contributed by atoms with Crippen molar-refractivity contribution in [3.8, 4) is 6.07 Å². The van der Waals surface area contributed by atoms with Crippen molar-refractivity contribution >= 4 is 11.8 Å². The minimum atomic E-state index is 0.664. The molecule has 0 saturated heterocycles. The lowest BCUT2D eigenvalue weighted by atomic mass is 10.1. The average Bonchev–Trinajstić information content (AvgIpc) is 2.93. The molecule has 0 aliphatic rings. The lowest BCUT2D eigenvalue weighted by Crippen LogP contribution is -2.13. The van der Waals surface area contributed by atoms with Crippen LogP contribution in [0.1, 0.15) is 24.5 Å². The fourth-order valence-corrected chi connectivity index (χ4v) is 2.38. The second kappa shape index (κ2) is 6.92. The summed E-state index contributed by atoms with van der Waals surface area (Å²) in [5.41, 5.74) is 1.78. The number of aromatic amines is 1. The van der Waals surface area contributed by atoms with E-state index in [1.807, 2.05) is 18.2 Å². The molecule has 1 aromatic heterocycles. The van der Waals surface area contributed by atoms with Crippen LogP contribution >= 0.6 is 11.8 Å². The van der Waals surface area contributed by atoms with Crippen LogP contribution in [-0.2, 0) is 6.54 Å². The summed E-state index contributed by atoms with van der Waals surface area (Å²) in [6.45, 7) is 3.90. The normalized spacial score (nSPS) is 10.3. The van der Waals surface area contributed by atoms with Crippen LogP contribution in [0.25, 0.3) is 0 Å². The Hall–Kier alpha value is -1.84. The van der Waals surface area contributed by atoms with Crippen molar-refractivity contribution in [2.45, 2.75) is 29.9 Å². The first-order valence-electron chi connectivity index (χ1n) is 6.10. The molecule has 0 aliphatic carbocycles. The van der Waals surface area contributed by atoms with Crippen molar-refractivity contribution in [2.24, 2.45) is 0 Å². The van der Waals surface area contributed by atoms with E-state index < -0.39 is 0 Å². The third-order valence-electron chi connectivity index (χ3n) is 2.52. The Morgan fingerprint density at radius 2 is 2.37 bits per heavy atom. The minimum absolute atomic E-state index is 0.664. The number of benzene rings is 1. The third-order valence-corrected chi connectivity index (χ3v) is 3.49. The zero-order valence-corrected chi connectivity index (χ0v) is 11.5. The maximum atomic E-state index is 9.21. The molecule has 0 saturated carbocycles. The van der Waals surface area contributed by atoms with Crippen molar-refractivity contribution in [3.05, 3.63) is 35.7 Å². The van der Waals surface area contributed by atoms with E-state index in [2.05, 4.69) is 33.5 Å². The molecule has 0 amide bonds. The second-order valence-electron chi connectivity index (χ2n) is 4.01. The summed E-state index contributed by atoms with van der Waals surface area (Å²) in [4.78, 5) is 4.93.